The first-order valence-corrected chi connectivity index (χ1v) is 7.08. The first-order chi connectivity index (χ1) is 8.97. The molecule has 0 aliphatic heterocycles. The summed E-state index contributed by atoms with van der Waals surface area (Å²) in [5.41, 5.74) is 3.02. The number of aryl methyl sites for hydroxylation is 1. The van der Waals surface area contributed by atoms with Crippen molar-refractivity contribution in [2.75, 3.05) is 5.32 Å². The molecule has 4 heteroatoms. The fourth-order valence-electron chi connectivity index (χ4n) is 1.90. The van der Waals surface area contributed by atoms with E-state index >= 15 is 0 Å². The lowest BCUT2D eigenvalue weighted by Crippen LogP contribution is -2.07. The zero-order valence-corrected chi connectivity index (χ0v) is 12.9. The molecule has 1 N–H and O–H groups in total. The van der Waals surface area contributed by atoms with Crippen LogP contribution in [-0.4, -0.2) is 0 Å². The van der Waals surface area contributed by atoms with E-state index in [1.807, 2.05) is 44.2 Å². The van der Waals surface area contributed by atoms with Gasteiger partial charge in [0.1, 0.15) is 0 Å². The third kappa shape index (κ3) is 3.56. The monoisotopic (exact) mass is 313 g/mol. The van der Waals surface area contributed by atoms with Crippen LogP contribution in [0.3, 0.4) is 0 Å². The van der Waals surface area contributed by atoms with E-state index in [1.54, 1.807) is 6.07 Å². The highest BCUT2D eigenvalue weighted by Gasteiger charge is 2.11. The summed E-state index contributed by atoms with van der Waals surface area (Å²) in [4.78, 5) is 0. The van der Waals surface area contributed by atoms with Gasteiger partial charge in [0.25, 0.3) is 0 Å². The molecule has 1 atom stereocenters. The third-order valence-electron chi connectivity index (χ3n) is 2.93. The van der Waals surface area contributed by atoms with Crippen molar-refractivity contribution in [1.29, 1.82) is 0 Å². The van der Waals surface area contributed by atoms with Crippen molar-refractivity contribution < 1.29 is 0 Å². The summed E-state index contributed by atoms with van der Waals surface area (Å²) in [5, 5.41) is 5.34. The third-order valence-corrected chi connectivity index (χ3v) is 3.80. The van der Waals surface area contributed by atoms with Crippen LogP contribution in [0.1, 0.15) is 24.1 Å². The number of halogens is 3. The summed E-state index contributed by atoms with van der Waals surface area (Å²) < 4.78 is 0. The quantitative estimate of drug-likeness (QED) is 0.718. The zero-order chi connectivity index (χ0) is 14.0. The number of nitrogens with one attached hydrogen (secondary N) is 1. The lowest BCUT2D eigenvalue weighted by molar-refractivity contribution is 0.885. The van der Waals surface area contributed by atoms with E-state index in [1.165, 1.54) is 0 Å². The van der Waals surface area contributed by atoms with Crippen LogP contribution in [0.2, 0.25) is 15.1 Å². The average molecular weight is 315 g/mol. The minimum absolute atomic E-state index is 0.0463. The van der Waals surface area contributed by atoms with E-state index < -0.39 is 0 Å². The highest BCUT2D eigenvalue weighted by molar-refractivity contribution is 6.35. The van der Waals surface area contributed by atoms with Gasteiger partial charge in [0, 0.05) is 10.0 Å². The van der Waals surface area contributed by atoms with Gasteiger partial charge in [-0.25, -0.2) is 0 Å². The maximum Gasteiger partial charge on any atom is 0.0640 e. The second-order valence-corrected chi connectivity index (χ2v) is 5.77. The van der Waals surface area contributed by atoms with Gasteiger partial charge in [-0.05, 0) is 49.2 Å². The molecule has 100 valence electrons. The van der Waals surface area contributed by atoms with Crippen LogP contribution >= 0.6 is 34.8 Å². The Bertz CT molecular complexity index is 596. The summed E-state index contributed by atoms with van der Waals surface area (Å²) in [7, 11) is 0. The number of rotatable bonds is 3. The van der Waals surface area contributed by atoms with Crippen molar-refractivity contribution in [3.05, 3.63) is 62.6 Å². The lowest BCUT2D eigenvalue weighted by Gasteiger charge is -2.18. The van der Waals surface area contributed by atoms with E-state index in [4.69, 9.17) is 34.8 Å². The van der Waals surface area contributed by atoms with Crippen LogP contribution in [0.4, 0.5) is 5.69 Å². The Hall–Kier alpha value is -0.890. The van der Waals surface area contributed by atoms with Gasteiger partial charge in [-0.1, -0.05) is 46.9 Å². The van der Waals surface area contributed by atoms with Gasteiger partial charge in [0.05, 0.1) is 16.8 Å². The molecule has 0 heterocycles. The molecule has 0 aliphatic rings. The van der Waals surface area contributed by atoms with Crippen LogP contribution in [-0.2, 0) is 0 Å². The van der Waals surface area contributed by atoms with Crippen LogP contribution < -0.4 is 5.32 Å². The molecule has 2 aromatic carbocycles. The van der Waals surface area contributed by atoms with E-state index in [9.17, 15) is 0 Å². The molecule has 1 unspecified atom stereocenters. The van der Waals surface area contributed by atoms with Crippen molar-refractivity contribution in [2.24, 2.45) is 0 Å². The van der Waals surface area contributed by atoms with Gasteiger partial charge in [0.15, 0.2) is 0 Å². The Morgan fingerprint density at radius 3 is 2.32 bits per heavy atom. The molecular weight excluding hydrogens is 301 g/mol. The first-order valence-electron chi connectivity index (χ1n) is 5.95. The van der Waals surface area contributed by atoms with Crippen LogP contribution in [0, 0.1) is 6.92 Å². The molecule has 0 aromatic heterocycles. The summed E-state index contributed by atoms with van der Waals surface area (Å²) in [6, 6.07) is 11.5. The second-order valence-electron chi connectivity index (χ2n) is 4.52. The molecule has 0 aliphatic carbocycles. The number of hydrogen-bond acceptors (Lipinski definition) is 1. The lowest BCUT2D eigenvalue weighted by atomic mass is 10.1. The van der Waals surface area contributed by atoms with Crippen LogP contribution in [0.25, 0.3) is 0 Å². The minimum Gasteiger partial charge on any atom is -0.377 e. The van der Waals surface area contributed by atoms with Crippen molar-refractivity contribution in [1.82, 2.24) is 0 Å². The average Bonchev–Trinajstić information content (AvgIpc) is 2.32. The van der Waals surface area contributed by atoms with E-state index in [2.05, 4.69) is 5.32 Å². The molecular formula is C15H14Cl3N. The Morgan fingerprint density at radius 2 is 1.68 bits per heavy atom. The van der Waals surface area contributed by atoms with Crippen molar-refractivity contribution >= 4 is 40.5 Å². The predicted molar refractivity (Wildman–Crippen MR) is 84.7 cm³/mol. The minimum atomic E-state index is 0.0463. The number of benzene rings is 2. The molecule has 0 saturated carbocycles. The van der Waals surface area contributed by atoms with E-state index in [-0.39, 0.29) is 6.04 Å². The van der Waals surface area contributed by atoms with Gasteiger partial charge in [-0.3, -0.25) is 0 Å². The summed E-state index contributed by atoms with van der Waals surface area (Å²) >= 11 is 18.3. The van der Waals surface area contributed by atoms with Gasteiger partial charge >= 0.3 is 0 Å². The SMILES string of the molecule is Cc1ccc(NC(C)c2ccc(Cl)cc2Cl)c(Cl)c1. The maximum atomic E-state index is 6.21. The fourth-order valence-corrected chi connectivity index (χ4v) is 2.76. The Morgan fingerprint density at radius 1 is 0.947 bits per heavy atom. The Labute approximate surface area is 128 Å². The van der Waals surface area contributed by atoms with Crippen molar-refractivity contribution in [3.8, 4) is 0 Å². The topological polar surface area (TPSA) is 12.0 Å². The second kappa shape index (κ2) is 6.04. The standard InChI is InChI=1S/C15H14Cl3N/c1-9-3-6-15(14(18)7-9)19-10(2)12-5-4-11(16)8-13(12)17/h3-8,10,19H,1-2H3. The summed E-state index contributed by atoms with van der Waals surface area (Å²) in [6.45, 7) is 4.04. The molecule has 2 rings (SSSR count). The maximum absolute atomic E-state index is 6.21. The first kappa shape index (κ1) is 14.5. The molecule has 1 nitrogen and oxygen atoms in total. The fraction of sp³-hybridized carbons (Fsp3) is 0.200. The van der Waals surface area contributed by atoms with Gasteiger partial charge in [-0.15, -0.1) is 0 Å². The van der Waals surface area contributed by atoms with Crippen LogP contribution in [0.15, 0.2) is 36.4 Å². The number of hydrogen-bond donors (Lipinski definition) is 1. The molecule has 0 saturated heterocycles. The van der Waals surface area contributed by atoms with Crippen LogP contribution in [0.5, 0.6) is 0 Å². The van der Waals surface area contributed by atoms with Gasteiger partial charge < -0.3 is 5.32 Å². The Balaban J connectivity index is 2.23. The van der Waals surface area contributed by atoms with E-state index in [0.29, 0.717) is 15.1 Å². The molecule has 0 bridgehead atoms. The highest BCUT2D eigenvalue weighted by Crippen LogP contribution is 2.31. The summed E-state index contributed by atoms with van der Waals surface area (Å²) in [5.74, 6) is 0. The summed E-state index contributed by atoms with van der Waals surface area (Å²) in [6.07, 6.45) is 0. The molecule has 0 radical (unpaired) electrons. The zero-order valence-electron chi connectivity index (χ0n) is 10.7. The smallest absolute Gasteiger partial charge is 0.0640 e. The largest absolute Gasteiger partial charge is 0.377 e. The molecule has 19 heavy (non-hydrogen) atoms. The molecule has 2 aromatic rings. The molecule has 0 amide bonds. The number of anilines is 1. The Kier molecular flexibility index (Phi) is 4.62. The highest BCUT2D eigenvalue weighted by atomic mass is 35.5. The van der Waals surface area contributed by atoms with Gasteiger partial charge in [0.2, 0.25) is 0 Å². The molecule has 0 spiro atoms. The van der Waals surface area contributed by atoms with Crippen molar-refractivity contribution in [3.63, 3.8) is 0 Å². The molecule has 0 fully saturated rings. The van der Waals surface area contributed by atoms with E-state index in [0.717, 1.165) is 16.8 Å². The van der Waals surface area contributed by atoms with Crippen molar-refractivity contribution in [2.45, 2.75) is 19.9 Å². The normalized spacial score (nSPS) is 12.3. The predicted octanol–water partition coefficient (Wildman–Crippen LogP) is 6.13. The van der Waals surface area contributed by atoms with Gasteiger partial charge in [-0.2, -0.15) is 0 Å².